The summed E-state index contributed by atoms with van der Waals surface area (Å²) in [4.78, 5) is 2.33. The molecule has 0 bridgehead atoms. The van der Waals surface area contributed by atoms with Crippen molar-refractivity contribution in [3.05, 3.63) is 22.8 Å². The van der Waals surface area contributed by atoms with Crippen LogP contribution in [0.2, 0.25) is 0 Å². The Balaban J connectivity index is 2.14. The third-order valence-corrected chi connectivity index (χ3v) is 3.92. The molecule has 2 heterocycles. The molecule has 17 heavy (non-hydrogen) atoms. The van der Waals surface area contributed by atoms with Crippen molar-refractivity contribution in [1.29, 1.82) is 0 Å². The first-order valence-electron chi connectivity index (χ1n) is 6.47. The summed E-state index contributed by atoms with van der Waals surface area (Å²) < 4.78 is 5.82. The minimum absolute atomic E-state index is 0.806. The molecule has 0 atom stereocenters. The molecule has 0 saturated heterocycles. The van der Waals surface area contributed by atoms with E-state index < -0.39 is 0 Å². The molecule has 3 rings (SSSR count). The second kappa shape index (κ2) is 4.22. The van der Waals surface area contributed by atoms with Crippen LogP contribution in [0, 0.1) is 6.92 Å². The molecule has 3 heteroatoms. The Kier molecular flexibility index (Phi) is 2.71. The number of fused-ring (bicyclic) bond motifs is 2. The Bertz CT molecular complexity index is 442. The second-order valence-corrected chi connectivity index (χ2v) is 5.01. The minimum atomic E-state index is 0.806. The van der Waals surface area contributed by atoms with E-state index in [9.17, 15) is 0 Å². The molecule has 0 spiro atoms. The van der Waals surface area contributed by atoms with Crippen molar-refractivity contribution in [1.82, 2.24) is 5.32 Å². The lowest BCUT2D eigenvalue weighted by molar-refractivity contribution is 0.310. The molecule has 3 nitrogen and oxygen atoms in total. The van der Waals surface area contributed by atoms with Gasteiger partial charge in [0.05, 0.1) is 12.2 Å². The summed E-state index contributed by atoms with van der Waals surface area (Å²) in [7, 11) is 2.16. The zero-order chi connectivity index (χ0) is 11.8. The average molecular weight is 232 g/mol. The van der Waals surface area contributed by atoms with Gasteiger partial charge in [-0.1, -0.05) is 0 Å². The van der Waals surface area contributed by atoms with E-state index in [1.165, 1.54) is 22.4 Å². The first kappa shape index (κ1) is 10.9. The van der Waals surface area contributed by atoms with Gasteiger partial charge < -0.3 is 15.0 Å². The maximum atomic E-state index is 5.82. The van der Waals surface area contributed by atoms with Crippen LogP contribution in [0.3, 0.4) is 0 Å². The molecule has 0 aromatic heterocycles. The highest BCUT2D eigenvalue weighted by Gasteiger charge is 2.22. The summed E-state index contributed by atoms with van der Waals surface area (Å²) >= 11 is 0. The molecule has 2 aliphatic rings. The van der Waals surface area contributed by atoms with E-state index in [0.29, 0.717) is 0 Å². The monoisotopic (exact) mass is 232 g/mol. The summed E-state index contributed by atoms with van der Waals surface area (Å²) in [5.41, 5.74) is 5.73. The molecule has 1 N–H and O–H groups in total. The van der Waals surface area contributed by atoms with E-state index in [0.717, 1.165) is 44.8 Å². The molecular formula is C14H20N2O. The number of likely N-dealkylation sites (N-methyl/N-ethyl adjacent to an activating group) is 1. The van der Waals surface area contributed by atoms with Crippen LogP contribution in [0.5, 0.6) is 5.75 Å². The molecule has 92 valence electrons. The van der Waals surface area contributed by atoms with Gasteiger partial charge in [0.2, 0.25) is 0 Å². The first-order valence-corrected chi connectivity index (χ1v) is 6.47. The fraction of sp³-hybridized carbons (Fsp3) is 0.571. The molecule has 0 fully saturated rings. The predicted octanol–water partition coefficient (Wildman–Crippen LogP) is 1.51. The fourth-order valence-electron chi connectivity index (χ4n) is 3.00. The third kappa shape index (κ3) is 1.78. The summed E-state index contributed by atoms with van der Waals surface area (Å²) in [5, 5.41) is 3.47. The molecule has 0 saturated carbocycles. The van der Waals surface area contributed by atoms with Crippen molar-refractivity contribution in [2.24, 2.45) is 0 Å². The van der Waals surface area contributed by atoms with Gasteiger partial charge in [0, 0.05) is 7.05 Å². The number of hydrogen-bond donors (Lipinski definition) is 1. The smallest absolute Gasteiger partial charge is 0.143 e. The number of rotatable bonds is 0. The van der Waals surface area contributed by atoms with Crippen molar-refractivity contribution in [3.8, 4) is 5.75 Å². The lowest BCUT2D eigenvalue weighted by Crippen LogP contribution is -2.30. The summed E-state index contributed by atoms with van der Waals surface area (Å²) in [6.45, 7) is 6.22. The molecule has 0 amide bonds. The Hall–Kier alpha value is -1.22. The van der Waals surface area contributed by atoms with Gasteiger partial charge in [-0.3, -0.25) is 0 Å². The summed E-state index contributed by atoms with van der Waals surface area (Å²) in [5.74, 6) is 1.08. The van der Waals surface area contributed by atoms with Gasteiger partial charge >= 0.3 is 0 Å². The standard InChI is InChI=1S/C14H20N2O/c1-10-12-4-6-15-5-3-11(12)9-13-14(10)16(2)7-8-17-13/h9,15H,3-8H2,1-2H3. The Labute approximate surface area is 103 Å². The number of hydrogen-bond acceptors (Lipinski definition) is 3. The summed E-state index contributed by atoms with van der Waals surface area (Å²) in [6.07, 6.45) is 2.26. The Morgan fingerprint density at radius 1 is 1.29 bits per heavy atom. The number of benzene rings is 1. The normalized spacial score (nSPS) is 19.1. The predicted molar refractivity (Wildman–Crippen MR) is 70.2 cm³/mol. The molecule has 2 aliphatic heterocycles. The van der Waals surface area contributed by atoms with Crippen LogP contribution in [0.15, 0.2) is 6.07 Å². The van der Waals surface area contributed by atoms with Crippen LogP contribution in [-0.4, -0.2) is 33.3 Å². The van der Waals surface area contributed by atoms with Crippen LogP contribution in [-0.2, 0) is 12.8 Å². The number of ether oxygens (including phenoxy) is 1. The van der Waals surface area contributed by atoms with Crippen LogP contribution in [0.25, 0.3) is 0 Å². The topological polar surface area (TPSA) is 24.5 Å². The first-order chi connectivity index (χ1) is 8.27. The minimum Gasteiger partial charge on any atom is -0.490 e. The van der Waals surface area contributed by atoms with Crippen LogP contribution >= 0.6 is 0 Å². The zero-order valence-electron chi connectivity index (χ0n) is 10.7. The molecule has 0 unspecified atom stereocenters. The van der Waals surface area contributed by atoms with Gasteiger partial charge in [0.1, 0.15) is 12.4 Å². The van der Waals surface area contributed by atoms with Crippen molar-refractivity contribution in [2.75, 3.05) is 38.2 Å². The fourth-order valence-corrected chi connectivity index (χ4v) is 3.00. The van der Waals surface area contributed by atoms with E-state index in [-0.39, 0.29) is 0 Å². The van der Waals surface area contributed by atoms with Gasteiger partial charge in [-0.25, -0.2) is 0 Å². The van der Waals surface area contributed by atoms with E-state index in [1.807, 2.05) is 0 Å². The van der Waals surface area contributed by atoms with E-state index >= 15 is 0 Å². The number of nitrogens with zero attached hydrogens (tertiary/aromatic N) is 1. The van der Waals surface area contributed by atoms with Gasteiger partial charge in [-0.2, -0.15) is 0 Å². The third-order valence-electron chi connectivity index (χ3n) is 3.92. The summed E-state index contributed by atoms with van der Waals surface area (Å²) in [6, 6.07) is 2.26. The van der Waals surface area contributed by atoms with Crippen LogP contribution < -0.4 is 15.0 Å². The maximum absolute atomic E-state index is 5.82. The van der Waals surface area contributed by atoms with Crippen molar-refractivity contribution in [2.45, 2.75) is 19.8 Å². The van der Waals surface area contributed by atoms with Gasteiger partial charge in [-0.05, 0) is 55.6 Å². The highest BCUT2D eigenvalue weighted by Crippen LogP contribution is 2.38. The second-order valence-electron chi connectivity index (χ2n) is 5.01. The largest absolute Gasteiger partial charge is 0.490 e. The molecule has 1 aromatic rings. The van der Waals surface area contributed by atoms with Crippen LogP contribution in [0.4, 0.5) is 5.69 Å². The van der Waals surface area contributed by atoms with Crippen molar-refractivity contribution >= 4 is 5.69 Å². The van der Waals surface area contributed by atoms with Gasteiger partial charge in [0.15, 0.2) is 0 Å². The van der Waals surface area contributed by atoms with Crippen molar-refractivity contribution < 1.29 is 4.74 Å². The van der Waals surface area contributed by atoms with E-state index in [4.69, 9.17) is 4.74 Å². The molecule has 0 radical (unpaired) electrons. The highest BCUT2D eigenvalue weighted by molar-refractivity contribution is 5.68. The SMILES string of the molecule is Cc1c2c(cc3c1N(C)CCO3)CCNCC2. The lowest BCUT2D eigenvalue weighted by Gasteiger charge is -2.31. The van der Waals surface area contributed by atoms with Crippen LogP contribution in [0.1, 0.15) is 16.7 Å². The lowest BCUT2D eigenvalue weighted by atomic mass is 9.95. The maximum Gasteiger partial charge on any atom is 0.143 e. The molecule has 0 aliphatic carbocycles. The number of nitrogens with one attached hydrogen (secondary N) is 1. The average Bonchev–Trinajstić information content (AvgIpc) is 2.54. The van der Waals surface area contributed by atoms with Gasteiger partial charge in [-0.15, -0.1) is 0 Å². The van der Waals surface area contributed by atoms with E-state index in [2.05, 4.69) is 30.3 Å². The Morgan fingerprint density at radius 2 is 2.12 bits per heavy atom. The molecule has 1 aromatic carbocycles. The number of anilines is 1. The Morgan fingerprint density at radius 3 is 3.00 bits per heavy atom. The highest BCUT2D eigenvalue weighted by atomic mass is 16.5. The molecular weight excluding hydrogens is 212 g/mol. The van der Waals surface area contributed by atoms with E-state index in [1.54, 1.807) is 0 Å². The zero-order valence-corrected chi connectivity index (χ0v) is 10.7. The van der Waals surface area contributed by atoms with Gasteiger partial charge in [0.25, 0.3) is 0 Å². The quantitative estimate of drug-likeness (QED) is 0.734. The van der Waals surface area contributed by atoms with Crippen molar-refractivity contribution in [3.63, 3.8) is 0 Å².